The van der Waals surface area contributed by atoms with E-state index in [1.54, 1.807) is 54.3 Å². The predicted octanol–water partition coefficient (Wildman–Crippen LogP) is 2.72. The maximum Gasteiger partial charge on any atom is 0.319 e. The highest BCUT2D eigenvalue weighted by Crippen LogP contribution is 2.13. The average molecular weight is 391 g/mol. The molecular formula is C21H21N5O3. The van der Waals surface area contributed by atoms with Crippen LogP contribution < -0.4 is 16.0 Å². The first-order valence-corrected chi connectivity index (χ1v) is 8.96. The fraction of sp³-hybridized carbons (Fsp3) is 0.143. The number of aryl methyl sites for hydroxylation is 2. The summed E-state index contributed by atoms with van der Waals surface area (Å²) in [6.07, 6.45) is 3.26. The summed E-state index contributed by atoms with van der Waals surface area (Å²) < 4.78 is 1.64. The lowest BCUT2D eigenvalue weighted by molar-refractivity contribution is -0.115. The van der Waals surface area contributed by atoms with E-state index in [2.05, 4.69) is 20.9 Å². The first-order valence-electron chi connectivity index (χ1n) is 8.96. The first-order chi connectivity index (χ1) is 13.9. The van der Waals surface area contributed by atoms with Crippen molar-refractivity contribution in [1.82, 2.24) is 14.9 Å². The van der Waals surface area contributed by atoms with Gasteiger partial charge in [0.25, 0.3) is 0 Å². The van der Waals surface area contributed by atoms with Crippen molar-refractivity contribution in [3.63, 3.8) is 0 Å². The third-order valence-corrected chi connectivity index (χ3v) is 4.14. The smallest absolute Gasteiger partial charge is 0.319 e. The molecular weight excluding hydrogens is 370 g/mol. The van der Waals surface area contributed by atoms with Crippen molar-refractivity contribution in [2.24, 2.45) is 7.05 Å². The second-order valence-electron chi connectivity index (χ2n) is 6.49. The minimum atomic E-state index is -0.471. The van der Waals surface area contributed by atoms with Crippen molar-refractivity contribution in [2.45, 2.75) is 6.92 Å². The van der Waals surface area contributed by atoms with Gasteiger partial charge in [0.05, 0.1) is 6.54 Å². The highest BCUT2D eigenvalue weighted by molar-refractivity contribution is 6.07. The van der Waals surface area contributed by atoms with Crippen LogP contribution in [0.5, 0.6) is 0 Å². The number of urea groups is 1. The fourth-order valence-electron chi connectivity index (χ4n) is 2.68. The predicted molar refractivity (Wildman–Crippen MR) is 110 cm³/mol. The van der Waals surface area contributed by atoms with Crippen LogP contribution in [0.25, 0.3) is 0 Å². The van der Waals surface area contributed by atoms with E-state index in [-0.39, 0.29) is 18.2 Å². The molecule has 0 atom stereocenters. The van der Waals surface area contributed by atoms with Gasteiger partial charge in [0, 0.05) is 36.4 Å². The normalized spacial score (nSPS) is 10.3. The van der Waals surface area contributed by atoms with Crippen LogP contribution in [-0.2, 0) is 11.8 Å². The number of hydrogen-bond donors (Lipinski definition) is 3. The number of aromatic nitrogens is 2. The highest BCUT2D eigenvalue weighted by Gasteiger charge is 2.14. The van der Waals surface area contributed by atoms with Gasteiger partial charge in [-0.3, -0.25) is 9.59 Å². The molecule has 8 nitrogen and oxygen atoms in total. The Labute approximate surface area is 168 Å². The van der Waals surface area contributed by atoms with E-state index < -0.39 is 6.03 Å². The van der Waals surface area contributed by atoms with Gasteiger partial charge in [-0.2, -0.15) is 0 Å². The van der Waals surface area contributed by atoms with Gasteiger partial charge in [0.2, 0.25) is 11.7 Å². The molecule has 8 heteroatoms. The molecule has 0 saturated heterocycles. The molecule has 0 aliphatic carbocycles. The second-order valence-corrected chi connectivity index (χ2v) is 6.49. The quantitative estimate of drug-likeness (QED) is 0.562. The SMILES string of the molecule is Cc1cccc(NC(=O)NCC(=O)Nc2ccc(C(=O)c3nccn3C)cc2)c1. The van der Waals surface area contributed by atoms with Gasteiger partial charge >= 0.3 is 6.03 Å². The molecule has 0 unspecified atom stereocenters. The maximum absolute atomic E-state index is 12.4. The molecule has 148 valence electrons. The van der Waals surface area contributed by atoms with E-state index in [9.17, 15) is 14.4 Å². The summed E-state index contributed by atoms with van der Waals surface area (Å²) in [4.78, 5) is 40.4. The van der Waals surface area contributed by atoms with Crippen molar-refractivity contribution in [2.75, 3.05) is 17.2 Å². The topological polar surface area (TPSA) is 105 Å². The van der Waals surface area contributed by atoms with Crippen molar-refractivity contribution < 1.29 is 14.4 Å². The third kappa shape index (κ3) is 5.29. The zero-order valence-electron chi connectivity index (χ0n) is 16.1. The number of imidazole rings is 1. The zero-order chi connectivity index (χ0) is 20.8. The fourth-order valence-corrected chi connectivity index (χ4v) is 2.68. The second kappa shape index (κ2) is 8.83. The number of anilines is 2. The van der Waals surface area contributed by atoms with E-state index in [1.165, 1.54) is 0 Å². The Balaban J connectivity index is 1.50. The molecule has 1 heterocycles. The van der Waals surface area contributed by atoms with Crippen LogP contribution in [0.4, 0.5) is 16.2 Å². The number of carbonyl (C=O) groups excluding carboxylic acids is 3. The standard InChI is InChI=1S/C21H21N5O3/c1-14-4-3-5-17(12-14)25-21(29)23-13-18(27)24-16-8-6-15(7-9-16)19(28)20-22-10-11-26(20)2/h3-12H,13H2,1-2H3,(H,24,27)(H2,23,25,29). The Bertz CT molecular complexity index is 1040. The van der Waals surface area contributed by atoms with Gasteiger partial charge in [-0.25, -0.2) is 9.78 Å². The molecule has 3 amide bonds. The molecule has 0 fully saturated rings. The van der Waals surface area contributed by atoms with E-state index in [0.717, 1.165) is 5.56 Å². The maximum atomic E-state index is 12.4. The van der Waals surface area contributed by atoms with Crippen molar-refractivity contribution in [3.8, 4) is 0 Å². The van der Waals surface area contributed by atoms with Crippen LogP contribution in [0.2, 0.25) is 0 Å². The van der Waals surface area contributed by atoms with Gasteiger partial charge in [0.15, 0.2) is 5.82 Å². The summed E-state index contributed by atoms with van der Waals surface area (Å²) in [5, 5.41) is 7.83. The number of nitrogens with one attached hydrogen (secondary N) is 3. The number of rotatable bonds is 6. The third-order valence-electron chi connectivity index (χ3n) is 4.14. The molecule has 29 heavy (non-hydrogen) atoms. The zero-order valence-corrected chi connectivity index (χ0v) is 16.1. The van der Waals surface area contributed by atoms with Gasteiger partial charge in [-0.05, 0) is 48.9 Å². The molecule has 0 bridgehead atoms. The highest BCUT2D eigenvalue weighted by atomic mass is 16.2. The largest absolute Gasteiger partial charge is 0.331 e. The first kappa shape index (κ1) is 19.8. The van der Waals surface area contributed by atoms with Crippen LogP contribution >= 0.6 is 0 Å². The molecule has 3 rings (SSSR count). The van der Waals surface area contributed by atoms with Crippen LogP contribution in [0.15, 0.2) is 60.9 Å². The molecule has 0 aliphatic rings. The Morgan fingerprint density at radius 1 is 1.00 bits per heavy atom. The molecule has 3 aromatic rings. The number of amides is 3. The van der Waals surface area contributed by atoms with Crippen molar-refractivity contribution >= 4 is 29.1 Å². The van der Waals surface area contributed by atoms with Crippen LogP contribution in [0, 0.1) is 6.92 Å². The molecule has 0 spiro atoms. The van der Waals surface area contributed by atoms with Crippen LogP contribution in [0.1, 0.15) is 21.7 Å². The number of benzene rings is 2. The van der Waals surface area contributed by atoms with Gasteiger partial charge in [-0.15, -0.1) is 0 Å². The summed E-state index contributed by atoms with van der Waals surface area (Å²) in [7, 11) is 1.75. The van der Waals surface area contributed by atoms with E-state index >= 15 is 0 Å². The minimum absolute atomic E-state index is 0.189. The molecule has 0 saturated carbocycles. The van der Waals surface area contributed by atoms with Crippen molar-refractivity contribution in [1.29, 1.82) is 0 Å². The molecule has 0 radical (unpaired) electrons. The lowest BCUT2D eigenvalue weighted by Crippen LogP contribution is -2.35. The van der Waals surface area contributed by atoms with Gasteiger partial charge < -0.3 is 20.5 Å². The monoisotopic (exact) mass is 391 g/mol. The Morgan fingerprint density at radius 3 is 2.41 bits per heavy atom. The number of nitrogens with zero attached hydrogens (tertiary/aromatic N) is 2. The number of carbonyl (C=O) groups is 3. The summed E-state index contributed by atoms with van der Waals surface area (Å²) in [6, 6.07) is 13.4. The van der Waals surface area contributed by atoms with Gasteiger partial charge in [0.1, 0.15) is 0 Å². The van der Waals surface area contributed by atoms with E-state index in [4.69, 9.17) is 0 Å². The number of ketones is 1. The van der Waals surface area contributed by atoms with Gasteiger partial charge in [-0.1, -0.05) is 12.1 Å². The van der Waals surface area contributed by atoms with Crippen LogP contribution in [-0.4, -0.2) is 33.8 Å². The van der Waals surface area contributed by atoms with Crippen LogP contribution in [0.3, 0.4) is 0 Å². The minimum Gasteiger partial charge on any atom is -0.331 e. The molecule has 0 aliphatic heterocycles. The lowest BCUT2D eigenvalue weighted by atomic mass is 10.1. The molecule has 2 aromatic carbocycles. The van der Waals surface area contributed by atoms with E-state index in [1.807, 2.05) is 25.1 Å². The Morgan fingerprint density at radius 2 is 1.76 bits per heavy atom. The summed E-state index contributed by atoms with van der Waals surface area (Å²) in [6.45, 7) is 1.73. The summed E-state index contributed by atoms with van der Waals surface area (Å²) in [5.74, 6) is -0.247. The lowest BCUT2D eigenvalue weighted by Gasteiger charge is -2.09. The average Bonchev–Trinajstić information content (AvgIpc) is 3.12. The number of hydrogen-bond acceptors (Lipinski definition) is 4. The Hall–Kier alpha value is -3.94. The summed E-state index contributed by atoms with van der Waals surface area (Å²) >= 11 is 0. The Kier molecular flexibility index (Phi) is 6.03. The van der Waals surface area contributed by atoms with Crippen molar-refractivity contribution in [3.05, 3.63) is 77.9 Å². The molecule has 1 aromatic heterocycles. The van der Waals surface area contributed by atoms with E-state index in [0.29, 0.717) is 22.8 Å². The summed E-state index contributed by atoms with van der Waals surface area (Å²) in [5.41, 5.74) is 2.65. The molecule has 3 N–H and O–H groups in total.